The van der Waals surface area contributed by atoms with Gasteiger partial charge in [-0.15, -0.1) is 11.3 Å². The van der Waals surface area contributed by atoms with Crippen LogP contribution in [0.1, 0.15) is 17.7 Å². The molecule has 0 radical (unpaired) electrons. The maximum absolute atomic E-state index is 12.9. The highest BCUT2D eigenvalue weighted by atomic mass is 32.1. The van der Waals surface area contributed by atoms with Gasteiger partial charge in [-0.1, -0.05) is 6.07 Å². The quantitative estimate of drug-likeness (QED) is 0.694. The van der Waals surface area contributed by atoms with Gasteiger partial charge in [-0.25, -0.2) is 9.67 Å². The third-order valence-electron chi connectivity index (χ3n) is 4.83. The van der Waals surface area contributed by atoms with E-state index in [1.165, 1.54) is 4.88 Å². The molecule has 7 nitrogen and oxygen atoms in total. The second kappa shape index (κ2) is 8.12. The molecule has 0 spiro atoms. The number of hydrogen-bond acceptors (Lipinski definition) is 6. The first kappa shape index (κ1) is 18.6. The van der Waals surface area contributed by atoms with Gasteiger partial charge in [0, 0.05) is 49.8 Å². The molecule has 1 aliphatic rings. The predicted octanol–water partition coefficient (Wildman–Crippen LogP) is 3.00. The number of likely N-dealkylation sites (tertiary alicyclic amines) is 1. The summed E-state index contributed by atoms with van der Waals surface area (Å²) in [7, 11) is 3.98. The zero-order valence-electron chi connectivity index (χ0n) is 16.1. The molecule has 146 valence electrons. The fraction of sp³-hybridized carbons (Fsp3) is 0.350. The molecule has 1 aromatic carbocycles. The number of anilines is 2. The fourth-order valence-electron chi connectivity index (χ4n) is 3.46. The van der Waals surface area contributed by atoms with E-state index in [4.69, 9.17) is 0 Å². The Hall–Kier alpha value is -2.71. The molecule has 1 N–H and O–H groups in total. The molecule has 0 aliphatic carbocycles. The number of aromatic nitrogens is 3. The molecule has 1 atom stereocenters. The summed E-state index contributed by atoms with van der Waals surface area (Å²) in [6.07, 6.45) is 7.45. The van der Waals surface area contributed by atoms with Crippen LogP contribution < -0.4 is 10.2 Å². The average Bonchev–Trinajstić information content (AvgIpc) is 3.44. The molecule has 2 aromatic heterocycles. The summed E-state index contributed by atoms with van der Waals surface area (Å²) in [6, 6.07) is 9.52. The van der Waals surface area contributed by atoms with E-state index in [0.717, 1.165) is 42.4 Å². The van der Waals surface area contributed by atoms with Crippen molar-refractivity contribution in [2.24, 2.45) is 0 Å². The van der Waals surface area contributed by atoms with E-state index in [1.54, 1.807) is 22.2 Å². The second-order valence-corrected chi connectivity index (χ2v) is 8.22. The molecule has 0 saturated carbocycles. The van der Waals surface area contributed by atoms with Gasteiger partial charge in [0.05, 0.1) is 11.7 Å². The maximum atomic E-state index is 12.9. The van der Waals surface area contributed by atoms with Gasteiger partial charge in [-0.2, -0.15) is 5.10 Å². The van der Waals surface area contributed by atoms with E-state index in [2.05, 4.69) is 20.3 Å². The zero-order valence-corrected chi connectivity index (χ0v) is 16.9. The van der Waals surface area contributed by atoms with Crippen LogP contribution in [0.25, 0.3) is 5.69 Å². The summed E-state index contributed by atoms with van der Waals surface area (Å²) in [5.74, 6) is 0.0486. The number of nitrogens with zero attached hydrogens (tertiary/aromatic N) is 5. The first-order chi connectivity index (χ1) is 13.6. The molecule has 3 aromatic rings. The van der Waals surface area contributed by atoms with Crippen molar-refractivity contribution in [1.29, 1.82) is 0 Å². The van der Waals surface area contributed by atoms with Gasteiger partial charge in [-0.05, 0) is 43.7 Å². The van der Waals surface area contributed by atoms with Crippen LogP contribution in [0.5, 0.6) is 0 Å². The third kappa shape index (κ3) is 4.07. The topological polar surface area (TPSA) is 66.3 Å². The van der Waals surface area contributed by atoms with Gasteiger partial charge in [0.2, 0.25) is 5.91 Å². The van der Waals surface area contributed by atoms with Gasteiger partial charge in [-0.3, -0.25) is 9.69 Å². The minimum Gasteiger partial charge on any atom is -0.354 e. The minimum atomic E-state index is -0.113. The molecule has 0 bridgehead atoms. The Kier molecular flexibility index (Phi) is 5.40. The average molecular weight is 397 g/mol. The van der Waals surface area contributed by atoms with Crippen LogP contribution in [0, 0.1) is 0 Å². The standard InChI is InChI=1S/C20H24N6OS/c1-24(2)20-21-13-17(28-20)14-25-10-4-8-18(25)19(27)23-15-6-3-7-16(12-15)26-11-5-9-22-26/h3,5-7,9,11-13,18H,4,8,10,14H2,1-2H3,(H,23,27). The van der Waals surface area contributed by atoms with Crippen LogP contribution in [0.2, 0.25) is 0 Å². The van der Waals surface area contributed by atoms with E-state index < -0.39 is 0 Å². The van der Waals surface area contributed by atoms with Crippen molar-refractivity contribution in [2.75, 3.05) is 30.9 Å². The van der Waals surface area contributed by atoms with E-state index >= 15 is 0 Å². The molecule has 8 heteroatoms. The Morgan fingerprint density at radius 3 is 3.00 bits per heavy atom. The highest BCUT2D eigenvalue weighted by molar-refractivity contribution is 7.15. The van der Waals surface area contributed by atoms with Gasteiger partial charge in [0.25, 0.3) is 0 Å². The zero-order chi connectivity index (χ0) is 19.5. The summed E-state index contributed by atoms with van der Waals surface area (Å²) < 4.78 is 1.78. The SMILES string of the molecule is CN(C)c1ncc(CN2CCCC2C(=O)Nc2cccc(-n3cccn3)c2)s1. The lowest BCUT2D eigenvalue weighted by molar-refractivity contribution is -0.120. The highest BCUT2D eigenvalue weighted by Crippen LogP contribution is 2.26. The number of thiazole rings is 1. The molecule has 1 saturated heterocycles. The monoisotopic (exact) mass is 396 g/mol. The third-order valence-corrected chi connectivity index (χ3v) is 5.98. The maximum Gasteiger partial charge on any atom is 0.241 e. The summed E-state index contributed by atoms with van der Waals surface area (Å²) in [5, 5.41) is 8.32. The van der Waals surface area contributed by atoms with Gasteiger partial charge in [0.15, 0.2) is 5.13 Å². The van der Waals surface area contributed by atoms with Crippen molar-refractivity contribution in [3.8, 4) is 5.69 Å². The second-order valence-electron chi connectivity index (χ2n) is 7.12. The molecule has 1 aliphatic heterocycles. The summed E-state index contributed by atoms with van der Waals surface area (Å²) in [4.78, 5) is 22.8. The van der Waals surface area contributed by atoms with E-state index in [1.807, 2.05) is 61.7 Å². The lowest BCUT2D eigenvalue weighted by Gasteiger charge is -2.23. The van der Waals surface area contributed by atoms with Crippen molar-refractivity contribution >= 4 is 28.1 Å². The Labute approximate surface area is 168 Å². The molecule has 1 fully saturated rings. The summed E-state index contributed by atoms with van der Waals surface area (Å²) >= 11 is 1.68. The van der Waals surface area contributed by atoms with Gasteiger partial charge in [0.1, 0.15) is 0 Å². The van der Waals surface area contributed by atoms with Crippen LogP contribution in [-0.4, -0.2) is 52.3 Å². The lowest BCUT2D eigenvalue weighted by atomic mass is 10.2. The number of hydrogen-bond donors (Lipinski definition) is 1. The van der Waals surface area contributed by atoms with Crippen LogP contribution in [0.4, 0.5) is 10.8 Å². The molecule has 28 heavy (non-hydrogen) atoms. The Bertz CT molecular complexity index is 936. The molecular formula is C20H24N6OS. The van der Waals surface area contributed by atoms with Crippen molar-refractivity contribution in [3.05, 3.63) is 53.8 Å². The number of amides is 1. The molecule has 3 heterocycles. The van der Waals surface area contributed by atoms with Crippen molar-refractivity contribution in [1.82, 2.24) is 19.7 Å². The number of benzene rings is 1. The Morgan fingerprint density at radius 1 is 1.36 bits per heavy atom. The summed E-state index contributed by atoms with van der Waals surface area (Å²) in [5.41, 5.74) is 1.71. The number of carbonyl (C=O) groups is 1. The number of carbonyl (C=O) groups excluding carboxylic acids is 1. The smallest absolute Gasteiger partial charge is 0.241 e. The minimum absolute atomic E-state index is 0.0486. The molecule has 1 unspecified atom stereocenters. The highest BCUT2D eigenvalue weighted by Gasteiger charge is 2.31. The molecule has 4 rings (SSSR count). The number of rotatable bonds is 6. The summed E-state index contributed by atoms with van der Waals surface area (Å²) in [6.45, 7) is 1.69. The first-order valence-electron chi connectivity index (χ1n) is 9.37. The van der Waals surface area contributed by atoms with Gasteiger partial charge >= 0.3 is 0 Å². The fourth-order valence-corrected chi connectivity index (χ4v) is 4.32. The van der Waals surface area contributed by atoms with Crippen molar-refractivity contribution in [2.45, 2.75) is 25.4 Å². The predicted molar refractivity (Wildman–Crippen MR) is 112 cm³/mol. The Morgan fingerprint density at radius 2 is 2.25 bits per heavy atom. The van der Waals surface area contributed by atoms with E-state index in [0.29, 0.717) is 0 Å². The van der Waals surface area contributed by atoms with Crippen molar-refractivity contribution < 1.29 is 4.79 Å². The van der Waals surface area contributed by atoms with E-state index in [-0.39, 0.29) is 11.9 Å². The molecular weight excluding hydrogens is 372 g/mol. The normalized spacial score (nSPS) is 17.0. The lowest BCUT2D eigenvalue weighted by Crippen LogP contribution is -2.39. The van der Waals surface area contributed by atoms with Crippen LogP contribution in [0.3, 0.4) is 0 Å². The van der Waals surface area contributed by atoms with E-state index in [9.17, 15) is 4.79 Å². The van der Waals surface area contributed by atoms with Crippen molar-refractivity contribution in [3.63, 3.8) is 0 Å². The number of nitrogens with one attached hydrogen (secondary N) is 1. The largest absolute Gasteiger partial charge is 0.354 e. The van der Waals surface area contributed by atoms with Crippen LogP contribution in [-0.2, 0) is 11.3 Å². The van der Waals surface area contributed by atoms with Crippen LogP contribution in [0.15, 0.2) is 48.9 Å². The van der Waals surface area contributed by atoms with Gasteiger partial charge < -0.3 is 10.2 Å². The molecule has 1 amide bonds. The Balaban J connectivity index is 1.43. The first-order valence-corrected chi connectivity index (χ1v) is 10.2. The van der Waals surface area contributed by atoms with Crippen LogP contribution >= 0.6 is 11.3 Å².